The van der Waals surface area contributed by atoms with Gasteiger partial charge in [-0.25, -0.2) is 13.6 Å². The van der Waals surface area contributed by atoms with E-state index in [1.54, 1.807) is 30.5 Å². The van der Waals surface area contributed by atoms with E-state index in [1.165, 1.54) is 23.9 Å². The molecule has 9 nitrogen and oxygen atoms in total. The third kappa shape index (κ3) is 5.05. The number of benzene rings is 1. The molecule has 0 spiro atoms. The van der Waals surface area contributed by atoms with Crippen molar-refractivity contribution in [1.29, 1.82) is 0 Å². The van der Waals surface area contributed by atoms with E-state index in [1.807, 2.05) is 18.4 Å². The maximum absolute atomic E-state index is 12.3. The van der Waals surface area contributed by atoms with Gasteiger partial charge in [-0.1, -0.05) is 23.9 Å². The van der Waals surface area contributed by atoms with Crippen LogP contribution in [0.5, 0.6) is 0 Å². The summed E-state index contributed by atoms with van der Waals surface area (Å²) < 4.78 is 29.9. The zero-order chi connectivity index (χ0) is 21.0. The maximum Gasteiger partial charge on any atom is 0.238 e. The van der Waals surface area contributed by atoms with Gasteiger partial charge in [-0.05, 0) is 43.7 Å². The van der Waals surface area contributed by atoms with E-state index in [2.05, 4.69) is 15.5 Å². The Morgan fingerprint density at radius 3 is 2.59 bits per heavy atom. The maximum atomic E-state index is 12.3. The van der Waals surface area contributed by atoms with Gasteiger partial charge in [-0.2, -0.15) is 0 Å². The van der Waals surface area contributed by atoms with E-state index >= 15 is 0 Å². The van der Waals surface area contributed by atoms with Crippen molar-refractivity contribution >= 4 is 27.7 Å². The second-order valence-corrected chi connectivity index (χ2v) is 8.72. The fourth-order valence-corrected chi connectivity index (χ4v) is 4.04. The third-order valence-corrected chi connectivity index (χ3v) is 6.09. The standard InChI is InChI=1S/C18H21N5O4S2/c1-3-23-17(15-5-4-10-27-15)21-22-18(23)28-11-16(24)20-12(2)13-6-8-14(9-7-13)29(19,25)26/h4-10,12H,3,11H2,1-2H3,(H,20,24)(H2,19,25,26). The predicted molar refractivity (Wildman–Crippen MR) is 108 cm³/mol. The number of hydrogen-bond acceptors (Lipinski definition) is 7. The minimum atomic E-state index is -3.74. The van der Waals surface area contributed by atoms with Crippen molar-refractivity contribution in [3.63, 3.8) is 0 Å². The molecule has 3 aromatic rings. The minimum Gasteiger partial charge on any atom is -0.461 e. The summed E-state index contributed by atoms with van der Waals surface area (Å²) in [7, 11) is -3.74. The number of rotatable bonds is 8. The summed E-state index contributed by atoms with van der Waals surface area (Å²) in [4.78, 5) is 12.4. The van der Waals surface area contributed by atoms with E-state index < -0.39 is 10.0 Å². The smallest absolute Gasteiger partial charge is 0.238 e. The van der Waals surface area contributed by atoms with Crippen LogP contribution in [0.1, 0.15) is 25.5 Å². The van der Waals surface area contributed by atoms with Gasteiger partial charge in [0.05, 0.1) is 23.0 Å². The lowest BCUT2D eigenvalue weighted by molar-refractivity contribution is -0.119. The number of furan rings is 1. The molecule has 3 rings (SSSR count). The number of thioether (sulfide) groups is 1. The van der Waals surface area contributed by atoms with Crippen LogP contribution in [-0.2, 0) is 21.4 Å². The lowest BCUT2D eigenvalue weighted by atomic mass is 10.1. The Balaban J connectivity index is 1.60. The van der Waals surface area contributed by atoms with Crippen LogP contribution in [0.3, 0.4) is 0 Å². The SMILES string of the molecule is CCn1c(SCC(=O)NC(C)c2ccc(S(N)(=O)=O)cc2)nnc1-c1ccco1. The summed E-state index contributed by atoms with van der Waals surface area (Å²) >= 11 is 1.28. The topological polar surface area (TPSA) is 133 Å². The van der Waals surface area contributed by atoms with Gasteiger partial charge in [0, 0.05) is 6.54 Å². The number of nitrogens with two attached hydrogens (primary N) is 1. The van der Waals surface area contributed by atoms with E-state index in [-0.39, 0.29) is 22.6 Å². The van der Waals surface area contributed by atoms with Gasteiger partial charge in [0.2, 0.25) is 15.9 Å². The fraction of sp³-hybridized carbons (Fsp3) is 0.278. The first-order valence-corrected chi connectivity index (χ1v) is 11.3. The molecule has 3 N–H and O–H groups in total. The quantitative estimate of drug-likeness (QED) is 0.518. The average Bonchev–Trinajstić information content (AvgIpc) is 3.34. The normalized spacial score (nSPS) is 12.7. The number of aromatic nitrogens is 3. The van der Waals surface area contributed by atoms with Crippen LogP contribution < -0.4 is 10.5 Å². The molecule has 1 atom stereocenters. The molecule has 0 radical (unpaired) electrons. The molecule has 0 aliphatic rings. The van der Waals surface area contributed by atoms with Crippen LogP contribution >= 0.6 is 11.8 Å². The third-order valence-electron chi connectivity index (χ3n) is 4.19. The van der Waals surface area contributed by atoms with Crippen LogP contribution in [0.25, 0.3) is 11.6 Å². The van der Waals surface area contributed by atoms with Crippen molar-refractivity contribution < 1.29 is 17.6 Å². The molecule has 2 heterocycles. The van der Waals surface area contributed by atoms with E-state index in [0.717, 1.165) is 5.56 Å². The van der Waals surface area contributed by atoms with Gasteiger partial charge in [0.1, 0.15) is 0 Å². The Bertz CT molecular complexity index is 1080. The van der Waals surface area contributed by atoms with Gasteiger partial charge >= 0.3 is 0 Å². The summed E-state index contributed by atoms with van der Waals surface area (Å²) in [5, 5.41) is 16.9. The highest BCUT2D eigenvalue weighted by Crippen LogP contribution is 2.24. The zero-order valence-electron chi connectivity index (χ0n) is 15.9. The number of hydrogen-bond donors (Lipinski definition) is 2. The molecule has 0 saturated heterocycles. The molecular formula is C18H21N5O4S2. The van der Waals surface area contributed by atoms with E-state index in [4.69, 9.17) is 9.56 Å². The molecule has 0 bridgehead atoms. The van der Waals surface area contributed by atoms with Crippen molar-refractivity contribution in [2.24, 2.45) is 5.14 Å². The van der Waals surface area contributed by atoms with Crippen LogP contribution in [0.15, 0.2) is 57.1 Å². The van der Waals surface area contributed by atoms with Crippen molar-refractivity contribution in [1.82, 2.24) is 20.1 Å². The second kappa shape index (κ2) is 8.80. The van der Waals surface area contributed by atoms with Gasteiger partial charge in [-0.3, -0.25) is 9.36 Å². The van der Waals surface area contributed by atoms with Crippen molar-refractivity contribution in [3.05, 3.63) is 48.2 Å². The molecular weight excluding hydrogens is 414 g/mol. The number of carbonyl (C=O) groups excluding carboxylic acids is 1. The summed E-state index contributed by atoms with van der Waals surface area (Å²) in [6.45, 7) is 4.42. The van der Waals surface area contributed by atoms with E-state index in [9.17, 15) is 13.2 Å². The largest absolute Gasteiger partial charge is 0.461 e. The lowest BCUT2D eigenvalue weighted by Gasteiger charge is -2.14. The molecule has 29 heavy (non-hydrogen) atoms. The minimum absolute atomic E-state index is 0.0293. The Hall–Kier alpha value is -2.63. The first kappa shape index (κ1) is 21.1. The molecule has 0 aliphatic carbocycles. The molecule has 154 valence electrons. The molecule has 1 unspecified atom stereocenters. The summed E-state index contributed by atoms with van der Waals surface area (Å²) in [5.41, 5.74) is 0.771. The Morgan fingerprint density at radius 2 is 2.00 bits per heavy atom. The first-order chi connectivity index (χ1) is 13.8. The molecule has 1 amide bonds. The van der Waals surface area contributed by atoms with Gasteiger partial charge in [0.15, 0.2) is 16.7 Å². The number of primary sulfonamides is 1. The Kier molecular flexibility index (Phi) is 6.40. The molecule has 0 fully saturated rings. The Morgan fingerprint density at radius 1 is 1.28 bits per heavy atom. The predicted octanol–water partition coefficient (Wildman–Crippen LogP) is 2.17. The monoisotopic (exact) mass is 435 g/mol. The highest BCUT2D eigenvalue weighted by Gasteiger charge is 2.17. The number of amides is 1. The molecule has 0 aliphatic heterocycles. The highest BCUT2D eigenvalue weighted by atomic mass is 32.2. The fourth-order valence-electron chi connectivity index (χ4n) is 2.71. The number of carbonyl (C=O) groups is 1. The van der Waals surface area contributed by atoms with Crippen LogP contribution in [0.4, 0.5) is 0 Å². The van der Waals surface area contributed by atoms with Crippen LogP contribution in [0, 0.1) is 0 Å². The van der Waals surface area contributed by atoms with Gasteiger partial charge in [-0.15, -0.1) is 10.2 Å². The summed E-state index contributed by atoms with van der Waals surface area (Å²) in [5.74, 6) is 1.22. The van der Waals surface area contributed by atoms with E-state index in [0.29, 0.717) is 23.3 Å². The van der Waals surface area contributed by atoms with Gasteiger partial charge < -0.3 is 9.73 Å². The lowest BCUT2D eigenvalue weighted by Crippen LogP contribution is -2.28. The van der Waals surface area contributed by atoms with Crippen molar-refractivity contribution in [2.45, 2.75) is 36.5 Å². The summed E-state index contributed by atoms with van der Waals surface area (Å²) in [6.07, 6.45) is 1.57. The highest BCUT2D eigenvalue weighted by molar-refractivity contribution is 7.99. The molecule has 0 saturated carbocycles. The number of nitrogens with zero attached hydrogens (tertiary/aromatic N) is 3. The molecule has 11 heteroatoms. The van der Waals surface area contributed by atoms with Crippen LogP contribution in [0.2, 0.25) is 0 Å². The summed E-state index contributed by atoms with van der Waals surface area (Å²) in [6, 6.07) is 9.38. The molecule has 1 aromatic carbocycles. The molecule has 2 aromatic heterocycles. The zero-order valence-corrected chi connectivity index (χ0v) is 17.5. The van der Waals surface area contributed by atoms with Crippen molar-refractivity contribution in [2.75, 3.05) is 5.75 Å². The van der Waals surface area contributed by atoms with Crippen molar-refractivity contribution in [3.8, 4) is 11.6 Å². The second-order valence-electron chi connectivity index (χ2n) is 6.22. The van der Waals surface area contributed by atoms with Gasteiger partial charge in [0.25, 0.3) is 0 Å². The first-order valence-electron chi connectivity index (χ1n) is 8.81. The van der Waals surface area contributed by atoms with Crippen LogP contribution in [-0.4, -0.2) is 34.8 Å². The number of sulfonamides is 1. The Labute approximate surface area is 172 Å². The number of nitrogens with one attached hydrogen (secondary N) is 1. The average molecular weight is 436 g/mol.